The lowest BCUT2D eigenvalue weighted by Crippen LogP contribution is -2.29. The molecule has 0 aliphatic carbocycles. The quantitative estimate of drug-likeness (QED) is 0.683. The van der Waals surface area contributed by atoms with Gasteiger partial charge in [0.05, 0.1) is 14.2 Å². The molecule has 0 saturated carbocycles. The Bertz CT molecular complexity index is 453. The van der Waals surface area contributed by atoms with Gasteiger partial charge in [0.2, 0.25) is 5.91 Å². The first kappa shape index (κ1) is 17.7. The number of thioether (sulfide) groups is 1. The number of carbonyl (C=O) groups is 1. The van der Waals surface area contributed by atoms with Crippen molar-refractivity contribution in [2.24, 2.45) is 5.73 Å². The number of hydrogen-bond acceptors (Lipinski definition) is 5. The summed E-state index contributed by atoms with van der Waals surface area (Å²) in [4.78, 5) is 12.7. The standard InChI is InChI=1S/C15H24N2O3S/c1-11(16)6-8-17-15(18)7-9-21-12-4-5-13(19-2)14(10-12)20-3/h4-5,10-11H,6-9,16H2,1-3H3,(H,17,18). The van der Waals surface area contributed by atoms with Crippen LogP contribution in [0.4, 0.5) is 0 Å². The normalized spacial score (nSPS) is 11.8. The van der Waals surface area contributed by atoms with Crippen molar-refractivity contribution in [3.63, 3.8) is 0 Å². The van der Waals surface area contributed by atoms with Gasteiger partial charge in [0.15, 0.2) is 11.5 Å². The summed E-state index contributed by atoms with van der Waals surface area (Å²) in [7, 11) is 3.22. The van der Waals surface area contributed by atoms with Crippen molar-refractivity contribution in [1.82, 2.24) is 5.32 Å². The first-order chi connectivity index (χ1) is 10.1. The first-order valence-electron chi connectivity index (χ1n) is 6.94. The molecule has 3 N–H and O–H groups in total. The number of ether oxygens (including phenoxy) is 2. The van der Waals surface area contributed by atoms with Gasteiger partial charge in [0, 0.05) is 29.7 Å². The van der Waals surface area contributed by atoms with E-state index in [0.29, 0.717) is 24.5 Å². The average Bonchev–Trinajstić information content (AvgIpc) is 2.46. The monoisotopic (exact) mass is 312 g/mol. The number of methoxy groups -OCH3 is 2. The van der Waals surface area contributed by atoms with E-state index >= 15 is 0 Å². The van der Waals surface area contributed by atoms with Crippen molar-refractivity contribution in [3.8, 4) is 11.5 Å². The van der Waals surface area contributed by atoms with Gasteiger partial charge in [-0.1, -0.05) is 0 Å². The zero-order chi connectivity index (χ0) is 15.7. The molecule has 1 amide bonds. The van der Waals surface area contributed by atoms with Crippen molar-refractivity contribution < 1.29 is 14.3 Å². The highest BCUT2D eigenvalue weighted by atomic mass is 32.2. The van der Waals surface area contributed by atoms with Gasteiger partial charge in [-0.05, 0) is 31.5 Å². The van der Waals surface area contributed by atoms with Gasteiger partial charge in [0.25, 0.3) is 0 Å². The molecule has 1 atom stereocenters. The van der Waals surface area contributed by atoms with Crippen LogP contribution in [0.5, 0.6) is 11.5 Å². The lowest BCUT2D eigenvalue weighted by molar-refractivity contribution is -0.120. The highest BCUT2D eigenvalue weighted by Crippen LogP contribution is 2.31. The molecule has 21 heavy (non-hydrogen) atoms. The summed E-state index contributed by atoms with van der Waals surface area (Å²) in [6, 6.07) is 5.85. The summed E-state index contributed by atoms with van der Waals surface area (Å²) in [5.74, 6) is 2.18. The van der Waals surface area contributed by atoms with Crippen molar-refractivity contribution in [1.29, 1.82) is 0 Å². The van der Waals surface area contributed by atoms with Crippen LogP contribution in [0.1, 0.15) is 19.8 Å². The molecule has 0 saturated heterocycles. The van der Waals surface area contributed by atoms with Crippen LogP contribution in [-0.4, -0.2) is 38.5 Å². The molecule has 1 aromatic rings. The zero-order valence-corrected chi connectivity index (χ0v) is 13.7. The summed E-state index contributed by atoms with van der Waals surface area (Å²) in [5, 5.41) is 2.86. The van der Waals surface area contributed by atoms with Crippen molar-refractivity contribution >= 4 is 17.7 Å². The molecule has 0 heterocycles. The molecule has 0 bridgehead atoms. The molecule has 0 radical (unpaired) electrons. The summed E-state index contributed by atoms with van der Waals surface area (Å²) in [6.45, 7) is 2.57. The number of rotatable bonds is 9. The molecule has 0 aliphatic heterocycles. The fourth-order valence-electron chi connectivity index (χ4n) is 1.70. The second-order valence-corrected chi connectivity index (χ2v) is 5.90. The molecule has 0 aliphatic rings. The van der Waals surface area contributed by atoms with Gasteiger partial charge in [-0.3, -0.25) is 4.79 Å². The zero-order valence-electron chi connectivity index (χ0n) is 12.8. The highest BCUT2D eigenvalue weighted by molar-refractivity contribution is 7.99. The van der Waals surface area contributed by atoms with E-state index in [1.165, 1.54) is 0 Å². The van der Waals surface area contributed by atoms with Crippen molar-refractivity contribution in [2.75, 3.05) is 26.5 Å². The Kier molecular flexibility index (Phi) is 8.00. The molecular weight excluding hydrogens is 288 g/mol. The molecule has 5 nitrogen and oxygen atoms in total. The molecule has 1 aromatic carbocycles. The molecule has 118 valence electrons. The van der Waals surface area contributed by atoms with Crippen LogP contribution in [0.25, 0.3) is 0 Å². The van der Waals surface area contributed by atoms with Crippen LogP contribution in [0.15, 0.2) is 23.1 Å². The maximum Gasteiger partial charge on any atom is 0.220 e. The molecule has 0 fully saturated rings. The first-order valence-corrected chi connectivity index (χ1v) is 7.92. The predicted octanol–water partition coefficient (Wildman–Crippen LogP) is 2.04. The van der Waals surface area contributed by atoms with Crippen LogP contribution < -0.4 is 20.5 Å². The summed E-state index contributed by atoms with van der Waals surface area (Å²) < 4.78 is 10.4. The maximum atomic E-state index is 11.6. The van der Waals surface area contributed by atoms with E-state index in [1.54, 1.807) is 26.0 Å². The lowest BCUT2D eigenvalue weighted by atomic mass is 10.2. The number of benzene rings is 1. The third kappa shape index (κ3) is 6.73. The van der Waals surface area contributed by atoms with Gasteiger partial charge < -0.3 is 20.5 Å². The third-order valence-corrected chi connectivity index (χ3v) is 3.87. The summed E-state index contributed by atoms with van der Waals surface area (Å²) >= 11 is 1.62. The van der Waals surface area contributed by atoms with E-state index in [-0.39, 0.29) is 11.9 Å². The number of hydrogen-bond donors (Lipinski definition) is 2. The van der Waals surface area contributed by atoms with E-state index in [0.717, 1.165) is 17.1 Å². The number of carbonyl (C=O) groups excluding carboxylic acids is 1. The highest BCUT2D eigenvalue weighted by Gasteiger charge is 2.06. The predicted molar refractivity (Wildman–Crippen MR) is 86.2 cm³/mol. The minimum absolute atomic E-state index is 0.0589. The van der Waals surface area contributed by atoms with Crippen LogP contribution in [-0.2, 0) is 4.79 Å². The van der Waals surface area contributed by atoms with Gasteiger partial charge in [-0.2, -0.15) is 0 Å². The Morgan fingerprint density at radius 2 is 2.05 bits per heavy atom. The third-order valence-electron chi connectivity index (χ3n) is 2.87. The number of amides is 1. The summed E-state index contributed by atoms with van der Waals surface area (Å²) in [5.41, 5.74) is 5.63. The topological polar surface area (TPSA) is 73.6 Å². The molecule has 0 aromatic heterocycles. The molecule has 6 heteroatoms. The fraction of sp³-hybridized carbons (Fsp3) is 0.533. The minimum atomic E-state index is 0.0589. The maximum absolute atomic E-state index is 11.6. The van der Waals surface area contributed by atoms with E-state index < -0.39 is 0 Å². The van der Waals surface area contributed by atoms with Crippen molar-refractivity contribution in [3.05, 3.63) is 18.2 Å². The second kappa shape index (κ2) is 9.52. The van der Waals surface area contributed by atoms with E-state index in [4.69, 9.17) is 15.2 Å². The number of nitrogens with one attached hydrogen (secondary N) is 1. The van der Waals surface area contributed by atoms with Gasteiger partial charge in [-0.25, -0.2) is 0 Å². The van der Waals surface area contributed by atoms with E-state index in [1.807, 2.05) is 25.1 Å². The molecule has 1 rings (SSSR count). The largest absolute Gasteiger partial charge is 0.493 e. The molecule has 0 spiro atoms. The second-order valence-electron chi connectivity index (χ2n) is 4.73. The van der Waals surface area contributed by atoms with E-state index in [9.17, 15) is 4.79 Å². The Morgan fingerprint density at radius 1 is 1.33 bits per heavy atom. The van der Waals surface area contributed by atoms with Crippen LogP contribution in [0, 0.1) is 0 Å². The summed E-state index contributed by atoms with van der Waals surface area (Å²) in [6.07, 6.45) is 1.28. The molecule has 1 unspecified atom stereocenters. The Morgan fingerprint density at radius 3 is 2.67 bits per heavy atom. The molecular formula is C15H24N2O3S. The van der Waals surface area contributed by atoms with E-state index in [2.05, 4.69) is 5.32 Å². The SMILES string of the molecule is COc1ccc(SCCC(=O)NCCC(C)N)cc1OC. The average molecular weight is 312 g/mol. The lowest BCUT2D eigenvalue weighted by Gasteiger charge is -2.09. The van der Waals surface area contributed by atoms with Gasteiger partial charge in [-0.15, -0.1) is 11.8 Å². The van der Waals surface area contributed by atoms with Gasteiger partial charge in [0.1, 0.15) is 0 Å². The number of nitrogens with two attached hydrogens (primary N) is 1. The smallest absolute Gasteiger partial charge is 0.220 e. The van der Waals surface area contributed by atoms with Crippen LogP contribution >= 0.6 is 11.8 Å². The van der Waals surface area contributed by atoms with Crippen molar-refractivity contribution in [2.45, 2.75) is 30.7 Å². The minimum Gasteiger partial charge on any atom is -0.493 e. The fourth-order valence-corrected chi connectivity index (χ4v) is 2.57. The Labute approximate surface area is 130 Å². The van der Waals surface area contributed by atoms with Crippen LogP contribution in [0.3, 0.4) is 0 Å². The van der Waals surface area contributed by atoms with Gasteiger partial charge >= 0.3 is 0 Å². The van der Waals surface area contributed by atoms with Crippen LogP contribution in [0.2, 0.25) is 0 Å². The Hall–Kier alpha value is -1.40. The Balaban J connectivity index is 2.33.